The van der Waals surface area contributed by atoms with Crippen LogP contribution in [0, 0.1) is 11.3 Å². The van der Waals surface area contributed by atoms with E-state index in [4.69, 9.17) is 17.3 Å². The van der Waals surface area contributed by atoms with Crippen molar-refractivity contribution >= 4 is 23.3 Å². The zero-order valence-electron chi connectivity index (χ0n) is 11.3. The van der Waals surface area contributed by atoms with Gasteiger partial charge < -0.3 is 10.5 Å². The third-order valence-electron chi connectivity index (χ3n) is 3.15. The molecule has 4 nitrogen and oxygen atoms in total. The first kappa shape index (κ1) is 14.9. The molecule has 1 atom stereocenters. The monoisotopic (exact) mass is 300 g/mol. The molecule has 0 aromatic heterocycles. The van der Waals surface area contributed by atoms with E-state index in [2.05, 4.69) is 10.8 Å². The van der Waals surface area contributed by atoms with Gasteiger partial charge in [0.1, 0.15) is 0 Å². The number of rotatable bonds is 3. The number of nitrogens with zero attached hydrogens (tertiary/aromatic N) is 1. The molecule has 2 aromatic rings. The number of halogens is 1. The number of benzene rings is 2. The van der Waals surface area contributed by atoms with Crippen LogP contribution in [-0.2, 0) is 4.74 Å². The second-order valence-electron chi connectivity index (χ2n) is 4.45. The summed E-state index contributed by atoms with van der Waals surface area (Å²) in [5, 5.41) is 10.0. The number of carbonyl (C=O) groups is 1. The van der Waals surface area contributed by atoms with E-state index in [-0.39, 0.29) is 5.56 Å². The van der Waals surface area contributed by atoms with Crippen molar-refractivity contribution in [2.45, 2.75) is 5.92 Å². The van der Waals surface area contributed by atoms with E-state index in [1.807, 2.05) is 0 Å². The molecule has 0 saturated heterocycles. The Kier molecular flexibility index (Phi) is 4.46. The minimum atomic E-state index is -0.526. The summed E-state index contributed by atoms with van der Waals surface area (Å²) in [6, 6.07) is 14.1. The Balaban J connectivity index is 2.46. The first-order valence-electron chi connectivity index (χ1n) is 6.19. The van der Waals surface area contributed by atoms with E-state index >= 15 is 0 Å². The summed E-state index contributed by atoms with van der Waals surface area (Å²) in [7, 11) is 1.29. The van der Waals surface area contributed by atoms with E-state index < -0.39 is 11.9 Å². The number of carbonyl (C=O) groups excluding carboxylic acids is 1. The van der Waals surface area contributed by atoms with E-state index in [1.165, 1.54) is 7.11 Å². The summed E-state index contributed by atoms with van der Waals surface area (Å²) < 4.78 is 4.69. The molecular weight excluding hydrogens is 288 g/mol. The van der Waals surface area contributed by atoms with Crippen LogP contribution in [0.2, 0.25) is 5.02 Å². The summed E-state index contributed by atoms with van der Waals surface area (Å²) >= 11 is 5.85. The van der Waals surface area contributed by atoms with Crippen molar-refractivity contribution in [3.8, 4) is 6.07 Å². The van der Waals surface area contributed by atoms with Crippen molar-refractivity contribution in [1.82, 2.24) is 0 Å². The molecule has 0 heterocycles. The van der Waals surface area contributed by atoms with Gasteiger partial charge in [-0.15, -0.1) is 0 Å². The van der Waals surface area contributed by atoms with E-state index in [1.54, 1.807) is 42.5 Å². The molecule has 21 heavy (non-hydrogen) atoms. The average Bonchev–Trinajstić information content (AvgIpc) is 2.50. The van der Waals surface area contributed by atoms with Crippen LogP contribution in [0.25, 0.3) is 0 Å². The number of anilines is 1. The Morgan fingerprint density at radius 1 is 1.24 bits per heavy atom. The van der Waals surface area contributed by atoms with Gasteiger partial charge in [0.05, 0.1) is 24.7 Å². The summed E-state index contributed by atoms with van der Waals surface area (Å²) in [4.78, 5) is 11.7. The third-order valence-corrected chi connectivity index (χ3v) is 3.40. The predicted octanol–water partition coefficient (Wildman–Crippen LogP) is 3.36. The van der Waals surface area contributed by atoms with Gasteiger partial charge >= 0.3 is 5.97 Å². The highest BCUT2D eigenvalue weighted by Crippen LogP contribution is 2.28. The number of hydrogen-bond acceptors (Lipinski definition) is 4. The van der Waals surface area contributed by atoms with Crippen LogP contribution in [0.1, 0.15) is 27.4 Å². The Morgan fingerprint density at radius 2 is 1.86 bits per heavy atom. The highest BCUT2D eigenvalue weighted by Gasteiger charge is 2.17. The average molecular weight is 301 g/mol. The molecule has 0 aliphatic heterocycles. The molecule has 0 aliphatic carbocycles. The van der Waals surface area contributed by atoms with Crippen molar-refractivity contribution < 1.29 is 9.53 Å². The van der Waals surface area contributed by atoms with Crippen LogP contribution in [-0.4, -0.2) is 13.1 Å². The minimum Gasteiger partial charge on any atom is -0.465 e. The molecule has 0 amide bonds. The lowest BCUT2D eigenvalue weighted by atomic mass is 9.91. The molecule has 2 aromatic carbocycles. The molecule has 0 unspecified atom stereocenters. The van der Waals surface area contributed by atoms with Gasteiger partial charge in [0.15, 0.2) is 0 Å². The molecule has 5 heteroatoms. The van der Waals surface area contributed by atoms with Crippen LogP contribution in [0.4, 0.5) is 5.69 Å². The standard InChI is InChI=1S/C16H13ClN2O2/c1-21-16(20)13-8-11(4-7-15(13)19)14(9-18)10-2-5-12(17)6-3-10/h2-8,14H,19H2,1H3/t14-/m1/s1. The Bertz CT molecular complexity index is 705. The van der Waals surface area contributed by atoms with Gasteiger partial charge in [-0.25, -0.2) is 4.79 Å². The number of methoxy groups -OCH3 is 1. The molecule has 0 bridgehead atoms. The quantitative estimate of drug-likeness (QED) is 0.696. The summed E-state index contributed by atoms with van der Waals surface area (Å²) in [6.45, 7) is 0. The third kappa shape index (κ3) is 3.15. The van der Waals surface area contributed by atoms with Crippen molar-refractivity contribution in [1.29, 1.82) is 5.26 Å². The summed E-state index contributed by atoms with van der Waals surface area (Å²) in [5.74, 6) is -1.03. The number of esters is 1. The maximum absolute atomic E-state index is 11.7. The molecule has 0 aliphatic rings. The smallest absolute Gasteiger partial charge is 0.339 e. The van der Waals surface area contributed by atoms with Crippen molar-refractivity contribution in [2.24, 2.45) is 0 Å². The zero-order valence-corrected chi connectivity index (χ0v) is 12.1. The van der Waals surface area contributed by atoms with Crippen LogP contribution in [0.5, 0.6) is 0 Å². The highest BCUT2D eigenvalue weighted by atomic mass is 35.5. The fourth-order valence-electron chi connectivity index (χ4n) is 2.04. The number of nitriles is 1. The Labute approximate surface area is 127 Å². The molecule has 2 N–H and O–H groups in total. The first-order chi connectivity index (χ1) is 10.1. The summed E-state index contributed by atoms with van der Waals surface area (Å²) in [5.41, 5.74) is 7.81. The van der Waals surface area contributed by atoms with Crippen LogP contribution < -0.4 is 5.73 Å². The molecule has 2 rings (SSSR count). The predicted molar refractivity (Wildman–Crippen MR) is 81.1 cm³/mol. The minimum absolute atomic E-state index is 0.254. The fourth-order valence-corrected chi connectivity index (χ4v) is 2.16. The van der Waals surface area contributed by atoms with Gasteiger partial charge in [0, 0.05) is 10.7 Å². The maximum Gasteiger partial charge on any atom is 0.339 e. The lowest BCUT2D eigenvalue weighted by molar-refractivity contribution is 0.0602. The molecule has 0 saturated carbocycles. The zero-order chi connectivity index (χ0) is 15.4. The van der Waals surface area contributed by atoms with Crippen LogP contribution >= 0.6 is 11.6 Å². The number of hydrogen-bond donors (Lipinski definition) is 1. The molecule has 0 fully saturated rings. The number of ether oxygens (including phenoxy) is 1. The lowest BCUT2D eigenvalue weighted by Gasteiger charge is -2.12. The second kappa shape index (κ2) is 6.29. The fraction of sp³-hybridized carbons (Fsp3) is 0.125. The van der Waals surface area contributed by atoms with Gasteiger partial charge in [-0.3, -0.25) is 0 Å². The van der Waals surface area contributed by atoms with Gasteiger partial charge in [-0.05, 0) is 35.4 Å². The largest absolute Gasteiger partial charge is 0.465 e. The molecule has 0 spiro atoms. The molecule has 106 valence electrons. The highest BCUT2D eigenvalue weighted by molar-refractivity contribution is 6.30. The van der Waals surface area contributed by atoms with Crippen molar-refractivity contribution in [3.63, 3.8) is 0 Å². The summed E-state index contributed by atoms with van der Waals surface area (Å²) in [6.07, 6.45) is 0. The van der Waals surface area contributed by atoms with Gasteiger partial charge in [-0.2, -0.15) is 5.26 Å². The van der Waals surface area contributed by atoms with Gasteiger partial charge in [0.25, 0.3) is 0 Å². The number of nitrogen functional groups attached to an aromatic ring is 1. The van der Waals surface area contributed by atoms with Gasteiger partial charge in [-0.1, -0.05) is 29.8 Å². The maximum atomic E-state index is 11.7. The molecule has 0 radical (unpaired) electrons. The Morgan fingerprint density at radius 3 is 2.43 bits per heavy atom. The van der Waals surface area contributed by atoms with E-state index in [9.17, 15) is 10.1 Å². The topological polar surface area (TPSA) is 76.1 Å². The van der Waals surface area contributed by atoms with Crippen LogP contribution in [0.3, 0.4) is 0 Å². The molecular formula is C16H13ClN2O2. The SMILES string of the molecule is COC(=O)c1cc([C@H](C#N)c2ccc(Cl)cc2)ccc1N. The van der Waals surface area contributed by atoms with Gasteiger partial charge in [0.2, 0.25) is 0 Å². The second-order valence-corrected chi connectivity index (χ2v) is 4.89. The lowest BCUT2D eigenvalue weighted by Crippen LogP contribution is -2.08. The van der Waals surface area contributed by atoms with Crippen molar-refractivity contribution in [2.75, 3.05) is 12.8 Å². The van der Waals surface area contributed by atoms with E-state index in [0.717, 1.165) is 5.56 Å². The van der Waals surface area contributed by atoms with Crippen LogP contribution in [0.15, 0.2) is 42.5 Å². The normalized spacial score (nSPS) is 11.5. The van der Waals surface area contributed by atoms with E-state index in [0.29, 0.717) is 16.3 Å². The van der Waals surface area contributed by atoms with Crippen molar-refractivity contribution in [3.05, 3.63) is 64.2 Å². The first-order valence-corrected chi connectivity index (χ1v) is 6.57. The Hall–Kier alpha value is -2.51. The number of nitrogens with two attached hydrogens (primary N) is 1.